The summed E-state index contributed by atoms with van der Waals surface area (Å²) in [5, 5.41) is 11.1. The van der Waals surface area contributed by atoms with Crippen molar-refractivity contribution in [1.82, 2.24) is 0 Å². The van der Waals surface area contributed by atoms with E-state index >= 15 is 0 Å². The van der Waals surface area contributed by atoms with E-state index in [2.05, 4.69) is 106 Å². The Bertz CT molecular complexity index is 1120. The first kappa shape index (κ1) is 20.9. The Morgan fingerprint density at radius 1 is 0.452 bits per heavy atom. The van der Waals surface area contributed by atoms with Gasteiger partial charge in [-0.2, -0.15) is 0 Å². The molecule has 0 amide bonds. The molecule has 0 aromatic heterocycles. The second-order valence-corrected chi connectivity index (χ2v) is 8.44. The van der Waals surface area contributed by atoms with Gasteiger partial charge < -0.3 is 5.11 Å². The predicted octanol–water partition coefficient (Wildman–Crippen LogP) is 7.85. The summed E-state index contributed by atoms with van der Waals surface area (Å²) in [6.07, 6.45) is 0. The normalized spacial score (nSPS) is 14.0. The standard InChI is InChI=1S/C30H30O/c1-21(24-13-7-4-8-14-24)27-19-29(23(3)26-17-11-6-12-18-26)30(31)20-28(27)22(2)25-15-9-5-10-16-25/h4-23,31H,1-3H3. The van der Waals surface area contributed by atoms with Gasteiger partial charge in [0.2, 0.25) is 0 Å². The summed E-state index contributed by atoms with van der Waals surface area (Å²) in [5.74, 6) is 0.904. The molecule has 0 saturated heterocycles. The van der Waals surface area contributed by atoms with Crippen molar-refractivity contribution in [2.24, 2.45) is 0 Å². The molecule has 4 aromatic rings. The second kappa shape index (κ2) is 9.22. The van der Waals surface area contributed by atoms with Gasteiger partial charge in [-0.1, -0.05) is 118 Å². The van der Waals surface area contributed by atoms with Gasteiger partial charge in [-0.25, -0.2) is 0 Å². The van der Waals surface area contributed by atoms with Crippen molar-refractivity contribution in [1.29, 1.82) is 0 Å². The lowest BCUT2D eigenvalue weighted by Crippen LogP contribution is -2.08. The topological polar surface area (TPSA) is 20.2 Å². The Labute approximate surface area is 186 Å². The smallest absolute Gasteiger partial charge is 0.119 e. The molecule has 31 heavy (non-hydrogen) atoms. The largest absolute Gasteiger partial charge is 0.508 e. The third kappa shape index (κ3) is 4.41. The number of hydrogen-bond donors (Lipinski definition) is 1. The predicted molar refractivity (Wildman–Crippen MR) is 130 cm³/mol. The molecule has 156 valence electrons. The Morgan fingerprint density at radius 3 is 1.16 bits per heavy atom. The molecule has 0 heterocycles. The number of phenolic OH excluding ortho intramolecular Hbond substituents is 1. The molecule has 0 aliphatic carbocycles. The van der Waals surface area contributed by atoms with Gasteiger partial charge in [0.1, 0.15) is 5.75 Å². The molecule has 0 saturated carbocycles. The lowest BCUT2D eigenvalue weighted by molar-refractivity contribution is 0.464. The Hall–Kier alpha value is -3.32. The summed E-state index contributed by atoms with van der Waals surface area (Å²) in [6.45, 7) is 6.66. The average molecular weight is 407 g/mol. The van der Waals surface area contributed by atoms with E-state index in [9.17, 15) is 5.11 Å². The SMILES string of the molecule is CC(c1ccccc1)c1cc(C(C)c2ccccc2)c(C(C)c2ccccc2)cc1O. The molecule has 0 bridgehead atoms. The van der Waals surface area contributed by atoms with Gasteiger partial charge in [0.05, 0.1) is 0 Å². The van der Waals surface area contributed by atoms with Gasteiger partial charge in [0.25, 0.3) is 0 Å². The maximum Gasteiger partial charge on any atom is 0.119 e. The van der Waals surface area contributed by atoms with Crippen molar-refractivity contribution in [2.45, 2.75) is 38.5 Å². The fourth-order valence-electron chi connectivity index (χ4n) is 4.50. The summed E-state index contributed by atoms with van der Waals surface area (Å²) in [5.41, 5.74) is 7.19. The molecule has 4 aromatic carbocycles. The van der Waals surface area contributed by atoms with Crippen LogP contribution in [-0.4, -0.2) is 5.11 Å². The zero-order chi connectivity index (χ0) is 21.8. The van der Waals surface area contributed by atoms with Crippen LogP contribution >= 0.6 is 0 Å². The van der Waals surface area contributed by atoms with Crippen molar-refractivity contribution in [3.8, 4) is 5.75 Å². The average Bonchev–Trinajstić information content (AvgIpc) is 2.84. The van der Waals surface area contributed by atoms with Crippen LogP contribution in [0.5, 0.6) is 5.75 Å². The highest BCUT2D eigenvalue weighted by molar-refractivity contribution is 5.52. The molecule has 0 aliphatic rings. The molecule has 0 fully saturated rings. The van der Waals surface area contributed by atoms with Gasteiger partial charge in [-0.15, -0.1) is 0 Å². The highest BCUT2D eigenvalue weighted by Crippen LogP contribution is 2.41. The summed E-state index contributed by atoms with van der Waals surface area (Å²) in [6, 6.07) is 35.8. The van der Waals surface area contributed by atoms with Crippen LogP contribution in [0.4, 0.5) is 0 Å². The molecule has 0 spiro atoms. The molecule has 1 N–H and O–H groups in total. The Morgan fingerprint density at radius 2 is 0.774 bits per heavy atom. The van der Waals surface area contributed by atoms with Gasteiger partial charge in [0, 0.05) is 23.3 Å². The van der Waals surface area contributed by atoms with Crippen molar-refractivity contribution in [2.75, 3.05) is 0 Å². The van der Waals surface area contributed by atoms with E-state index in [4.69, 9.17) is 0 Å². The van der Waals surface area contributed by atoms with E-state index in [0.29, 0.717) is 5.75 Å². The van der Waals surface area contributed by atoms with E-state index in [1.807, 2.05) is 18.2 Å². The minimum atomic E-state index is 0.115. The number of aromatic hydroxyl groups is 1. The second-order valence-electron chi connectivity index (χ2n) is 8.44. The van der Waals surface area contributed by atoms with E-state index in [-0.39, 0.29) is 17.8 Å². The van der Waals surface area contributed by atoms with Crippen molar-refractivity contribution >= 4 is 0 Å². The molecular formula is C30H30O. The van der Waals surface area contributed by atoms with Gasteiger partial charge in [0.15, 0.2) is 0 Å². The Kier molecular flexibility index (Phi) is 6.23. The zero-order valence-electron chi connectivity index (χ0n) is 18.5. The molecule has 3 atom stereocenters. The fraction of sp³-hybridized carbons (Fsp3) is 0.200. The number of benzene rings is 4. The molecular weight excluding hydrogens is 376 g/mol. The summed E-state index contributed by atoms with van der Waals surface area (Å²) < 4.78 is 0. The summed E-state index contributed by atoms with van der Waals surface area (Å²) in [4.78, 5) is 0. The lowest BCUT2D eigenvalue weighted by atomic mass is 9.80. The fourth-order valence-corrected chi connectivity index (χ4v) is 4.50. The van der Waals surface area contributed by atoms with Crippen LogP contribution in [-0.2, 0) is 0 Å². The first-order valence-electron chi connectivity index (χ1n) is 11.1. The van der Waals surface area contributed by atoms with E-state index in [1.54, 1.807) is 0 Å². The van der Waals surface area contributed by atoms with E-state index in [1.165, 1.54) is 27.8 Å². The van der Waals surface area contributed by atoms with Crippen molar-refractivity contribution in [3.63, 3.8) is 0 Å². The first-order valence-corrected chi connectivity index (χ1v) is 11.1. The van der Waals surface area contributed by atoms with Gasteiger partial charge >= 0.3 is 0 Å². The summed E-state index contributed by atoms with van der Waals surface area (Å²) >= 11 is 0. The minimum Gasteiger partial charge on any atom is -0.508 e. The van der Waals surface area contributed by atoms with Crippen LogP contribution in [0.1, 0.15) is 71.9 Å². The maximum absolute atomic E-state index is 11.1. The molecule has 0 aliphatic heterocycles. The number of rotatable bonds is 6. The highest BCUT2D eigenvalue weighted by atomic mass is 16.3. The first-order chi connectivity index (χ1) is 15.1. The Balaban J connectivity index is 1.85. The zero-order valence-corrected chi connectivity index (χ0v) is 18.5. The molecule has 4 rings (SSSR count). The number of phenols is 1. The van der Waals surface area contributed by atoms with Gasteiger partial charge in [-0.05, 0) is 33.9 Å². The number of hydrogen-bond acceptors (Lipinski definition) is 1. The monoisotopic (exact) mass is 406 g/mol. The van der Waals surface area contributed by atoms with Crippen LogP contribution in [0.2, 0.25) is 0 Å². The molecule has 1 nitrogen and oxygen atoms in total. The van der Waals surface area contributed by atoms with Crippen LogP contribution in [0.25, 0.3) is 0 Å². The van der Waals surface area contributed by atoms with Crippen molar-refractivity contribution < 1.29 is 5.11 Å². The highest BCUT2D eigenvalue weighted by Gasteiger charge is 2.23. The molecule has 0 radical (unpaired) electrons. The van der Waals surface area contributed by atoms with Crippen molar-refractivity contribution in [3.05, 3.63) is 137 Å². The van der Waals surface area contributed by atoms with Gasteiger partial charge in [-0.3, -0.25) is 0 Å². The lowest BCUT2D eigenvalue weighted by Gasteiger charge is -2.25. The quantitative estimate of drug-likeness (QED) is 0.346. The van der Waals surface area contributed by atoms with E-state index in [0.717, 1.165) is 5.56 Å². The third-order valence-electron chi connectivity index (χ3n) is 6.53. The summed E-state index contributed by atoms with van der Waals surface area (Å²) in [7, 11) is 0. The van der Waals surface area contributed by atoms with Crippen LogP contribution < -0.4 is 0 Å². The maximum atomic E-state index is 11.1. The van der Waals surface area contributed by atoms with Crippen LogP contribution in [0.15, 0.2) is 103 Å². The van der Waals surface area contributed by atoms with E-state index < -0.39 is 0 Å². The van der Waals surface area contributed by atoms with Crippen LogP contribution in [0, 0.1) is 0 Å². The van der Waals surface area contributed by atoms with Crippen LogP contribution in [0.3, 0.4) is 0 Å². The minimum absolute atomic E-state index is 0.115. The third-order valence-corrected chi connectivity index (χ3v) is 6.53. The molecule has 1 heteroatoms. The molecule has 3 unspecified atom stereocenters.